The largest absolute Gasteiger partial charge is 0.462 e. The second-order valence-electron chi connectivity index (χ2n) is 5.77. The lowest BCUT2D eigenvalue weighted by molar-refractivity contribution is -0.291. The van der Waals surface area contributed by atoms with E-state index in [4.69, 9.17) is 14.2 Å². The van der Waals surface area contributed by atoms with Gasteiger partial charge in [0, 0.05) is 6.42 Å². The van der Waals surface area contributed by atoms with E-state index in [9.17, 15) is 9.59 Å². The fourth-order valence-electron chi connectivity index (χ4n) is 2.78. The van der Waals surface area contributed by atoms with Crippen LogP contribution in [0.5, 0.6) is 0 Å². The molecule has 1 aliphatic carbocycles. The van der Waals surface area contributed by atoms with Crippen LogP contribution in [-0.2, 0) is 23.8 Å². The third kappa shape index (κ3) is 4.28. The molecule has 1 saturated heterocycles. The molecule has 0 spiro atoms. The van der Waals surface area contributed by atoms with Gasteiger partial charge in [0.25, 0.3) is 0 Å². The van der Waals surface area contributed by atoms with Crippen LogP contribution in [0, 0.1) is 0 Å². The van der Waals surface area contributed by atoms with Crippen LogP contribution in [0.4, 0.5) is 0 Å². The van der Waals surface area contributed by atoms with Crippen LogP contribution in [0.15, 0.2) is 0 Å². The lowest BCUT2D eigenvalue weighted by atomic mass is 10.1. The molecular weight excluding hydrogens is 248 g/mol. The standard InChI is InChI=1S/C14H22O5/c1-14(2)18-11(7-12(9-15)19-14)8-13(16)17-10-5-3-4-6-10/h9-12H,3-8H2,1-2H3/t11-,12+/m1/s1. The van der Waals surface area contributed by atoms with Gasteiger partial charge in [0.2, 0.25) is 0 Å². The summed E-state index contributed by atoms with van der Waals surface area (Å²) in [5.41, 5.74) is 0. The highest BCUT2D eigenvalue weighted by molar-refractivity contribution is 5.70. The van der Waals surface area contributed by atoms with E-state index in [1.54, 1.807) is 13.8 Å². The van der Waals surface area contributed by atoms with Gasteiger partial charge < -0.3 is 19.0 Å². The van der Waals surface area contributed by atoms with E-state index in [1.165, 1.54) is 0 Å². The third-order valence-electron chi connectivity index (χ3n) is 3.53. The fourth-order valence-corrected chi connectivity index (χ4v) is 2.78. The molecule has 5 heteroatoms. The molecule has 2 atom stereocenters. The predicted octanol–water partition coefficient (Wildman–Crippen LogP) is 1.97. The Morgan fingerprint density at radius 3 is 2.63 bits per heavy atom. The zero-order valence-electron chi connectivity index (χ0n) is 11.6. The summed E-state index contributed by atoms with van der Waals surface area (Å²) < 4.78 is 16.5. The molecule has 0 amide bonds. The minimum atomic E-state index is -0.831. The highest BCUT2D eigenvalue weighted by Gasteiger charge is 2.36. The lowest BCUT2D eigenvalue weighted by Gasteiger charge is -2.38. The number of aldehydes is 1. The van der Waals surface area contributed by atoms with Crippen molar-refractivity contribution in [2.24, 2.45) is 0 Å². The van der Waals surface area contributed by atoms with Gasteiger partial charge in [0.05, 0.1) is 12.5 Å². The van der Waals surface area contributed by atoms with Crippen molar-refractivity contribution in [1.82, 2.24) is 0 Å². The highest BCUT2D eigenvalue weighted by atomic mass is 16.7. The van der Waals surface area contributed by atoms with Gasteiger partial charge in [-0.2, -0.15) is 0 Å². The van der Waals surface area contributed by atoms with E-state index >= 15 is 0 Å². The van der Waals surface area contributed by atoms with Gasteiger partial charge >= 0.3 is 5.97 Å². The maximum Gasteiger partial charge on any atom is 0.308 e. The molecule has 2 fully saturated rings. The topological polar surface area (TPSA) is 61.8 Å². The van der Waals surface area contributed by atoms with Crippen LogP contribution in [0.1, 0.15) is 52.4 Å². The van der Waals surface area contributed by atoms with Gasteiger partial charge in [0.1, 0.15) is 18.5 Å². The van der Waals surface area contributed by atoms with E-state index < -0.39 is 11.9 Å². The first-order valence-electron chi connectivity index (χ1n) is 6.99. The van der Waals surface area contributed by atoms with Crippen LogP contribution in [-0.4, -0.2) is 36.4 Å². The normalized spacial score (nSPS) is 31.1. The summed E-state index contributed by atoms with van der Waals surface area (Å²) in [4.78, 5) is 22.7. The molecule has 108 valence electrons. The summed E-state index contributed by atoms with van der Waals surface area (Å²) in [6, 6.07) is 0. The number of carbonyl (C=O) groups is 2. The number of rotatable bonds is 4. The molecule has 0 radical (unpaired) electrons. The predicted molar refractivity (Wildman–Crippen MR) is 67.5 cm³/mol. The van der Waals surface area contributed by atoms with Crippen LogP contribution in [0.2, 0.25) is 0 Å². The Balaban J connectivity index is 1.83. The number of hydrogen-bond acceptors (Lipinski definition) is 5. The monoisotopic (exact) mass is 270 g/mol. The van der Waals surface area contributed by atoms with Gasteiger partial charge in [-0.25, -0.2) is 0 Å². The van der Waals surface area contributed by atoms with E-state index in [0.29, 0.717) is 6.42 Å². The molecule has 1 saturated carbocycles. The highest BCUT2D eigenvalue weighted by Crippen LogP contribution is 2.28. The van der Waals surface area contributed by atoms with Crippen LogP contribution < -0.4 is 0 Å². The lowest BCUT2D eigenvalue weighted by Crippen LogP contribution is -2.46. The summed E-state index contributed by atoms with van der Waals surface area (Å²) in [5.74, 6) is -1.07. The second-order valence-corrected chi connectivity index (χ2v) is 5.77. The van der Waals surface area contributed by atoms with Crippen LogP contribution in [0.3, 0.4) is 0 Å². The van der Waals surface area contributed by atoms with E-state index in [-0.39, 0.29) is 24.6 Å². The molecule has 0 aromatic carbocycles. The molecule has 19 heavy (non-hydrogen) atoms. The number of hydrogen-bond donors (Lipinski definition) is 0. The summed E-state index contributed by atoms with van der Waals surface area (Å²) in [5, 5.41) is 0. The van der Waals surface area contributed by atoms with E-state index in [2.05, 4.69) is 0 Å². The molecule has 0 unspecified atom stereocenters. The first kappa shape index (κ1) is 14.5. The Morgan fingerprint density at radius 1 is 1.32 bits per heavy atom. The molecule has 1 aliphatic heterocycles. The SMILES string of the molecule is CC1(C)O[C@@H](CC(=O)OC2CCCC2)C[C@@H](C=O)O1. The molecule has 5 nitrogen and oxygen atoms in total. The summed E-state index contributed by atoms with van der Waals surface area (Å²) in [7, 11) is 0. The van der Waals surface area contributed by atoms with E-state index in [0.717, 1.165) is 32.0 Å². The Bertz CT molecular complexity index is 333. The van der Waals surface area contributed by atoms with Crippen molar-refractivity contribution in [2.45, 2.75) is 76.5 Å². The zero-order valence-corrected chi connectivity index (χ0v) is 11.6. The second kappa shape index (κ2) is 6.01. The van der Waals surface area contributed by atoms with Crippen molar-refractivity contribution < 1.29 is 23.8 Å². The zero-order chi connectivity index (χ0) is 13.9. The minimum Gasteiger partial charge on any atom is -0.462 e. The smallest absolute Gasteiger partial charge is 0.308 e. The number of esters is 1. The summed E-state index contributed by atoms with van der Waals surface area (Å²) >= 11 is 0. The average Bonchev–Trinajstić information content (AvgIpc) is 2.79. The Kier molecular flexibility index (Phi) is 4.58. The first-order chi connectivity index (χ1) is 8.98. The minimum absolute atomic E-state index is 0.0715. The van der Waals surface area contributed by atoms with Gasteiger partial charge in [-0.1, -0.05) is 0 Å². The summed E-state index contributed by atoms with van der Waals surface area (Å²) in [6.45, 7) is 3.50. The fraction of sp³-hybridized carbons (Fsp3) is 0.857. The molecule has 2 rings (SSSR count). The molecule has 0 aromatic heterocycles. The number of carbonyl (C=O) groups excluding carboxylic acids is 2. The van der Waals surface area contributed by atoms with Gasteiger partial charge in [-0.15, -0.1) is 0 Å². The first-order valence-corrected chi connectivity index (χ1v) is 6.99. The van der Waals surface area contributed by atoms with Crippen molar-refractivity contribution in [2.75, 3.05) is 0 Å². The molecule has 0 bridgehead atoms. The maximum absolute atomic E-state index is 11.8. The van der Waals surface area contributed by atoms with Crippen molar-refractivity contribution in [3.05, 3.63) is 0 Å². The molecule has 0 aromatic rings. The van der Waals surface area contributed by atoms with Crippen molar-refractivity contribution >= 4 is 12.3 Å². The summed E-state index contributed by atoms with van der Waals surface area (Å²) in [6.07, 6.45) is 4.80. The molecule has 0 N–H and O–H groups in total. The molecular formula is C14H22O5. The van der Waals surface area contributed by atoms with Gasteiger partial charge in [-0.3, -0.25) is 4.79 Å². The average molecular weight is 270 g/mol. The van der Waals surface area contributed by atoms with Crippen molar-refractivity contribution in [3.8, 4) is 0 Å². The Morgan fingerprint density at radius 2 is 2.00 bits per heavy atom. The quantitative estimate of drug-likeness (QED) is 0.577. The van der Waals surface area contributed by atoms with Gasteiger partial charge in [-0.05, 0) is 39.5 Å². The third-order valence-corrected chi connectivity index (χ3v) is 3.53. The van der Waals surface area contributed by atoms with E-state index in [1.807, 2.05) is 0 Å². The Hall–Kier alpha value is -0.940. The maximum atomic E-state index is 11.8. The van der Waals surface area contributed by atoms with Crippen LogP contribution >= 0.6 is 0 Å². The van der Waals surface area contributed by atoms with Gasteiger partial charge in [0.15, 0.2) is 5.79 Å². The molecule has 1 heterocycles. The Labute approximate surface area is 113 Å². The van der Waals surface area contributed by atoms with Crippen molar-refractivity contribution in [1.29, 1.82) is 0 Å². The van der Waals surface area contributed by atoms with Crippen molar-refractivity contribution in [3.63, 3.8) is 0 Å². The number of ether oxygens (including phenoxy) is 3. The molecule has 2 aliphatic rings. The van der Waals surface area contributed by atoms with Crippen LogP contribution in [0.25, 0.3) is 0 Å².